The number of piperidine rings is 1. The van der Waals surface area contributed by atoms with Crippen LogP contribution < -0.4 is 0 Å². The van der Waals surface area contributed by atoms with E-state index in [0.717, 1.165) is 50.8 Å². The van der Waals surface area contributed by atoms with Crippen LogP contribution in [-0.2, 0) is 19.1 Å². The minimum Gasteiger partial charge on any atom is -0.462 e. The Morgan fingerprint density at radius 3 is 2.56 bits per heavy atom. The molecular formula is C26H37NO5. The Labute approximate surface area is 190 Å². The van der Waals surface area contributed by atoms with Gasteiger partial charge in [-0.2, -0.15) is 0 Å². The van der Waals surface area contributed by atoms with Gasteiger partial charge in [-0.15, -0.1) is 0 Å². The fourth-order valence-electron chi connectivity index (χ4n) is 10.6. The van der Waals surface area contributed by atoms with Gasteiger partial charge < -0.3 is 14.6 Å². The molecule has 11 unspecified atom stereocenters. The largest absolute Gasteiger partial charge is 0.462 e. The van der Waals surface area contributed by atoms with E-state index in [0.29, 0.717) is 17.9 Å². The molecule has 0 radical (unpaired) electrons. The summed E-state index contributed by atoms with van der Waals surface area (Å²) >= 11 is 0. The fourth-order valence-corrected chi connectivity index (χ4v) is 10.6. The Hall–Kier alpha value is -1.40. The lowest BCUT2D eigenvalue weighted by Gasteiger charge is -2.65. The molecule has 2 spiro atoms. The zero-order chi connectivity index (χ0) is 22.8. The maximum atomic E-state index is 12.3. The number of ether oxygens (including phenoxy) is 2. The van der Waals surface area contributed by atoms with E-state index in [9.17, 15) is 14.7 Å². The van der Waals surface area contributed by atoms with Crippen molar-refractivity contribution in [3.05, 3.63) is 12.2 Å². The lowest BCUT2D eigenvalue weighted by Crippen LogP contribution is -2.68. The summed E-state index contributed by atoms with van der Waals surface area (Å²) in [5, 5.41) is 11.8. The van der Waals surface area contributed by atoms with Crippen molar-refractivity contribution in [3.8, 4) is 0 Å². The van der Waals surface area contributed by atoms with Crippen LogP contribution in [0.3, 0.4) is 0 Å². The highest BCUT2D eigenvalue weighted by Gasteiger charge is 2.85. The van der Waals surface area contributed by atoms with Crippen molar-refractivity contribution in [1.29, 1.82) is 0 Å². The number of hydrogen-bond acceptors (Lipinski definition) is 6. The summed E-state index contributed by atoms with van der Waals surface area (Å²) in [4.78, 5) is 26.9. The van der Waals surface area contributed by atoms with E-state index in [1.165, 1.54) is 13.8 Å². The SMILES string of the molecule is C=C1C2CC3(C1OC(C)=O)C1CC4C5(C)CCC(O)C4(C1N(CC)C5)C3CC2OC(C)=O. The molecule has 6 rings (SSSR count). The Balaban J connectivity index is 1.56. The Bertz CT molecular complexity index is 903. The number of carbonyl (C=O) groups is 2. The topological polar surface area (TPSA) is 76.1 Å². The van der Waals surface area contributed by atoms with Crippen LogP contribution in [0.2, 0.25) is 0 Å². The van der Waals surface area contributed by atoms with Crippen molar-refractivity contribution in [3.63, 3.8) is 0 Å². The third-order valence-electron chi connectivity index (χ3n) is 11.1. The molecule has 0 amide bonds. The van der Waals surface area contributed by atoms with Gasteiger partial charge in [0, 0.05) is 43.2 Å². The molecule has 0 aromatic heterocycles. The maximum absolute atomic E-state index is 12.3. The Morgan fingerprint density at radius 2 is 1.91 bits per heavy atom. The fraction of sp³-hybridized carbons (Fsp3) is 0.846. The van der Waals surface area contributed by atoms with Crippen LogP contribution in [0.5, 0.6) is 0 Å². The predicted octanol–water partition coefficient (Wildman–Crippen LogP) is 2.93. The average molecular weight is 444 g/mol. The number of rotatable bonds is 3. The van der Waals surface area contributed by atoms with Gasteiger partial charge in [0.25, 0.3) is 0 Å². The first-order chi connectivity index (χ1) is 15.1. The first kappa shape index (κ1) is 21.2. The summed E-state index contributed by atoms with van der Waals surface area (Å²) in [6.45, 7) is 14.1. The molecule has 7 bridgehead atoms. The number of nitrogens with zero attached hydrogens (tertiary/aromatic N) is 1. The highest BCUT2D eigenvalue weighted by Crippen LogP contribution is 2.83. The van der Waals surface area contributed by atoms with E-state index < -0.39 is 0 Å². The second-order valence-electron chi connectivity index (χ2n) is 12.0. The molecule has 1 heterocycles. The van der Waals surface area contributed by atoms with E-state index in [-0.39, 0.29) is 58.3 Å². The third-order valence-corrected chi connectivity index (χ3v) is 11.1. The maximum Gasteiger partial charge on any atom is 0.303 e. The summed E-state index contributed by atoms with van der Waals surface area (Å²) in [6.07, 6.45) is 3.63. The number of esters is 2. The summed E-state index contributed by atoms with van der Waals surface area (Å²) in [5.41, 5.74) is 0.687. The lowest BCUT2D eigenvalue weighted by atomic mass is 9.43. The predicted molar refractivity (Wildman–Crippen MR) is 117 cm³/mol. The van der Waals surface area contributed by atoms with Crippen LogP contribution in [0.4, 0.5) is 0 Å². The van der Waals surface area contributed by atoms with Crippen LogP contribution in [-0.4, -0.2) is 59.4 Å². The number of aliphatic hydroxyl groups is 1. The monoisotopic (exact) mass is 443 g/mol. The number of fused-ring (bicyclic) bond motifs is 1. The molecule has 6 nitrogen and oxygen atoms in total. The number of hydrogen-bond donors (Lipinski definition) is 1. The van der Waals surface area contributed by atoms with Gasteiger partial charge in [-0.25, -0.2) is 0 Å². The molecule has 5 saturated carbocycles. The summed E-state index contributed by atoms with van der Waals surface area (Å²) in [6, 6.07) is 0.298. The quantitative estimate of drug-likeness (QED) is 0.534. The first-order valence-electron chi connectivity index (χ1n) is 12.6. The minimum atomic E-state index is -0.365. The minimum absolute atomic E-state index is 0.0253. The molecule has 1 N–H and O–H groups in total. The molecule has 1 aliphatic heterocycles. The van der Waals surface area contributed by atoms with Gasteiger partial charge in [0.15, 0.2) is 0 Å². The van der Waals surface area contributed by atoms with E-state index >= 15 is 0 Å². The van der Waals surface area contributed by atoms with Crippen molar-refractivity contribution < 1.29 is 24.2 Å². The number of aliphatic hydroxyl groups excluding tert-OH is 1. The van der Waals surface area contributed by atoms with E-state index in [1.807, 2.05) is 0 Å². The standard InChI is InChI=1S/C26H37NO5/c1-6-27-12-24(5)8-7-21(30)26-19(24)9-17(22(26)27)25-11-16(13(2)23(25)32-15(4)29)18(10-20(25)26)31-14(3)28/h16-23,30H,2,6-12H2,1,3-5H3. The van der Waals surface area contributed by atoms with Crippen LogP contribution in [0.15, 0.2) is 12.2 Å². The van der Waals surface area contributed by atoms with Gasteiger partial charge in [0.1, 0.15) is 12.2 Å². The second-order valence-corrected chi connectivity index (χ2v) is 12.0. The van der Waals surface area contributed by atoms with Gasteiger partial charge in [-0.3, -0.25) is 14.5 Å². The summed E-state index contributed by atoms with van der Waals surface area (Å²) in [5.74, 6) is 0.487. The van der Waals surface area contributed by atoms with Crippen molar-refractivity contribution in [2.45, 2.75) is 84.2 Å². The van der Waals surface area contributed by atoms with E-state index in [2.05, 4.69) is 25.3 Å². The smallest absolute Gasteiger partial charge is 0.303 e. The molecule has 11 atom stereocenters. The highest BCUT2D eigenvalue weighted by molar-refractivity contribution is 5.67. The zero-order valence-corrected chi connectivity index (χ0v) is 19.8. The Morgan fingerprint density at radius 1 is 1.19 bits per heavy atom. The molecule has 176 valence electrons. The summed E-state index contributed by atoms with van der Waals surface area (Å²) in [7, 11) is 0. The van der Waals surface area contributed by atoms with Gasteiger partial charge in [0.2, 0.25) is 0 Å². The van der Waals surface area contributed by atoms with Gasteiger partial charge in [-0.05, 0) is 67.4 Å². The zero-order valence-electron chi connectivity index (χ0n) is 19.8. The van der Waals surface area contributed by atoms with Crippen molar-refractivity contribution >= 4 is 11.9 Å². The second kappa shape index (κ2) is 6.38. The molecule has 1 saturated heterocycles. The van der Waals surface area contributed by atoms with E-state index in [1.54, 1.807) is 0 Å². The summed E-state index contributed by atoms with van der Waals surface area (Å²) < 4.78 is 12.0. The average Bonchev–Trinajstić information content (AvgIpc) is 3.25. The number of carbonyl (C=O) groups excluding carboxylic acids is 2. The lowest BCUT2D eigenvalue weighted by molar-refractivity contribution is -0.222. The van der Waals surface area contributed by atoms with Crippen LogP contribution in [0, 0.1) is 39.9 Å². The van der Waals surface area contributed by atoms with Gasteiger partial charge in [0.05, 0.1) is 6.10 Å². The highest BCUT2D eigenvalue weighted by atomic mass is 16.6. The van der Waals surface area contributed by atoms with Gasteiger partial charge in [-0.1, -0.05) is 20.4 Å². The van der Waals surface area contributed by atoms with E-state index in [4.69, 9.17) is 9.47 Å². The van der Waals surface area contributed by atoms with Crippen LogP contribution in [0.1, 0.15) is 59.8 Å². The van der Waals surface area contributed by atoms with Crippen molar-refractivity contribution in [2.24, 2.45) is 39.9 Å². The molecule has 0 aromatic rings. The number of likely N-dealkylation sites (tertiary alicyclic amines) is 1. The third kappa shape index (κ3) is 2.15. The molecule has 6 fully saturated rings. The normalized spacial score (nSPS) is 55.0. The van der Waals surface area contributed by atoms with Crippen molar-refractivity contribution in [1.82, 2.24) is 4.90 Å². The molecular weight excluding hydrogens is 406 g/mol. The van der Waals surface area contributed by atoms with Crippen LogP contribution >= 0.6 is 0 Å². The molecule has 32 heavy (non-hydrogen) atoms. The van der Waals surface area contributed by atoms with Crippen LogP contribution in [0.25, 0.3) is 0 Å². The van der Waals surface area contributed by atoms with Gasteiger partial charge >= 0.3 is 11.9 Å². The molecule has 5 aliphatic carbocycles. The van der Waals surface area contributed by atoms with Crippen molar-refractivity contribution in [2.75, 3.05) is 13.1 Å². The molecule has 6 heteroatoms. The first-order valence-corrected chi connectivity index (χ1v) is 12.6. The Kier molecular flexibility index (Phi) is 4.22. The molecule has 6 aliphatic rings. The molecule has 0 aromatic carbocycles.